The zero-order valence-electron chi connectivity index (χ0n) is 8.85. The molecule has 0 aromatic rings. The van der Waals surface area contributed by atoms with Crippen LogP contribution in [-0.2, 0) is 4.74 Å². The van der Waals surface area contributed by atoms with Gasteiger partial charge in [0.25, 0.3) is 0 Å². The lowest BCUT2D eigenvalue weighted by Crippen LogP contribution is -2.44. The van der Waals surface area contributed by atoms with Crippen LogP contribution >= 0.6 is 0 Å². The molecule has 0 spiro atoms. The third kappa shape index (κ3) is 1.50. The molecule has 0 radical (unpaired) electrons. The van der Waals surface area contributed by atoms with Crippen molar-refractivity contribution in [3.05, 3.63) is 12.7 Å². The summed E-state index contributed by atoms with van der Waals surface area (Å²) in [6.45, 7) is 15.5. The highest BCUT2D eigenvalue weighted by Crippen LogP contribution is 2.46. The highest BCUT2D eigenvalue weighted by molar-refractivity contribution is 6.82. The molecule has 2 atom stereocenters. The van der Waals surface area contributed by atoms with Crippen LogP contribution in [-0.4, -0.2) is 19.9 Å². The number of epoxide rings is 1. The van der Waals surface area contributed by atoms with Gasteiger partial charge < -0.3 is 4.74 Å². The van der Waals surface area contributed by atoms with Crippen LogP contribution in [0.1, 0.15) is 20.8 Å². The van der Waals surface area contributed by atoms with Crippen molar-refractivity contribution in [1.29, 1.82) is 0 Å². The van der Waals surface area contributed by atoms with E-state index >= 15 is 0 Å². The maximum atomic E-state index is 5.60. The summed E-state index contributed by atoms with van der Waals surface area (Å²) in [5.74, 6) is 0. The molecule has 70 valence electrons. The lowest BCUT2D eigenvalue weighted by Gasteiger charge is -2.35. The minimum atomic E-state index is -1.25. The van der Waals surface area contributed by atoms with Gasteiger partial charge in [0.15, 0.2) is 0 Å². The van der Waals surface area contributed by atoms with Gasteiger partial charge in [0.05, 0.1) is 19.9 Å². The molecule has 1 aliphatic rings. The molecule has 1 saturated heterocycles. The SMILES string of the molecule is C=C[C@H]1O[C@H]1[Si](C)(C)C(C)(C)C. The molecule has 0 N–H and O–H groups in total. The van der Waals surface area contributed by atoms with Crippen molar-refractivity contribution in [3.8, 4) is 0 Å². The number of ether oxygens (including phenoxy) is 1. The van der Waals surface area contributed by atoms with Crippen molar-refractivity contribution in [2.75, 3.05) is 0 Å². The molecule has 0 unspecified atom stereocenters. The molecule has 0 aliphatic carbocycles. The summed E-state index contributed by atoms with van der Waals surface area (Å²) in [5.41, 5.74) is 0.509. The van der Waals surface area contributed by atoms with Crippen LogP contribution < -0.4 is 0 Å². The van der Waals surface area contributed by atoms with Gasteiger partial charge in [-0.3, -0.25) is 0 Å². The first-order valence-electron chi connectivity index (χ1n) is 4.58. The Bertz CT molecular complexity index is 191. The second kappa shape index (κ2) is 2.71. The van der Waals surface area contributed by atoms with Crippen LogP contribution in [0.15, 0.2) is 12.7 Å². The number of hydrogen-bond acceptors (Lipinski definition) is 1. The van der Waals surface area contributed by atoms with Gasteiger partial charge in [-0.05, 0) is 5.04 Å². The standard InChI is InChI=1S/C10H20OSi/c1-7-8-9(11-8)12(5,6)10(2,3)4/h7-9H,1H2,2-6H3/t8-,9+/m1/s1. The summed E-state index contributed by atoms with van der Waals surface area (Å²) in [7, 11) is -1.25. The fourth-order valence-electron chi connectivity index (χ4n) is 1.31. The Morgan fingerprint density at radius 1 is 1.33 bits per heavy atom. The summed E-state index contributed by atoms with van der Waals surface area (Å²) < 4.78 is 5.60. The van der Waals surface area contributed by atoms with Crippen LogP contribution in [0, 0.1) is 0 Å². The topological polar surface area (TPSA) is 12.5 Å². The molecule has 1 heterocycles. The fraction of sp³-hybridized carbons (Fsp3) is 0.800. The Balaban J connectivity index is 2.68. The molecule has 1 nitrogen and oxygen atoms in total. The average Bonchev–Trinajstić information content (AvgIpc) is 2.62. The molecule has 0 amide bonds. The van der Waals surface area contributed by atoms with Gasteiger partial charge in [0, 0.05) is 0 Å². The summed E-state index contributed by atoms with van der Waals surface area (Å²) in [6.07, 6.45) is 2.29. The summed E-state index contributed by atoms with van der Waals surface area (Å²) in [5, 5.41) is 0.426. The number of hydrogen-bond donors (Lipinski definition) is 0. The van der Waals surface area contributed by atoms with Crippen LogP contribution in [0.5, 0.6) is 0 Å². The lowest BCUT2D eigenvalue weighted by atomic mass is 10.2. The van der Waals surface area contributed by atoms with Crippen molar-refractivity contribution in [2.45, 2.75) is 50.7 Å². The second-order valence-corrected chi connectivity index (χ2v) is 10.7. The zero-order valence-corrected chi connectivity index (χ0v) is 9.85. The van der Waals surface area contributed by atoms with E-state index in [-0.39, 0.29) is 0 Å². The average molecular weight is 184 g/mol. The second-order valence-electron chi connectivity index (χ2n) is 5.23. The van der Waals surface area contributed by atoms with E-state index < -0.39 is 8.07 Å². The molecule has 2 heteroatoms. The molecule has 1 rings (SSSR count). The van der Waals surface area contributed by atoms with E-state index in [0.717, 1.165) is 0 Å². The molecule has 0 bridgehead atoms. The molecule has 0 aromatic heterocycles. The van der Waals surface area contributed by atoms with Crippen LogP contribution in [0.3, 0.4) is 0 Å². The van der Waals surface area contributed by atoms with Crippen LogP contribution in [0.25, 0.3) is 0 Å². The fourth-order valence-corrected chi connectivity index (χ4v) is 3.62. The Labute approximate surface area is 76.8 Å². The van der Waals surface area contributed by atoms with Crippen molar-refractivity contribution < 1.29 is 4.74 Å². The van der Waals surface area contributed by atoms with E-state index in [2.05, 4.69) is 40.4 Å². The quantitative estimate of drug-likeness (QED) is 0.365. The van der Waals surface area contributed by atoms with E-state index in [4.69, 9.17) is 4.74 Å². The van der Waals surface area contributed by atoms with Crippen LogP contribution in [0.2, 0.25) is 18.1 Å². The third-order valence-corrected chi connectivity index (χ3v) is 9.16. The number of rotatable bonds is 2. The third-order valence-electron chi connectivity index (χ3n) is 3.40. The largest absolute Gasteiger partial charge is 0.369 e. The minimum Gasteiger partial charge on any atom is -0.369 e. The van der Waals surface area contributed by atoms with Gasteiger partial charge in [-0.15, -0.1) is 6.58 Å². The molecular formula is C10H20OSi. The monoisotopic (exact) mass is 184 g/mol. The molecule has 0 aromatic carbocycles. The smallest absolute Gasteiger partial charge is 0.0986 e. The van der Waals surface area contributed by atoms with E-state index in [1.165, 1.54) is 0 Å². The normalized spacial score (nSPS) is 30.1. The van der Waals surface area contributed by atoms with Gasteiger partial charge in [0.2, 0.25) is 0 Å². The first kappa shape index (κ1) is 10.0. The summed E-state index contributed by atoms with van der Waals surface area (Å²) in [6, 6.07) is 0. The Kier molecular flexibility index (Phi) is 2.26. The summed E-state index contributed by atoms with van der Waals surface area (Å²) in [4.78, 5) is 0. The Morgan fingerprint density at radius 3 is 2.08 bits per heavy atom. The van der Waals surface area contributed by atoms with Gasteiger partial charge >= 0.3 is 0 Å². The predicted molar refractivity (Wildman–Crippen MR) is 56.1 cm³/mol. The van der Waals surface area contributed by atoms with Gasteiger partial charge in [-0.25, -0.2) is 0 Å². The van der Waals surface area contributed by atoms with Gasteiger partial charge in [-0.1, -0.05) is 39.9 Å². The van der Waals surface area contributed by atoms with Crippen LogP contribution in [0.4, 0.5) is 0 Å². The van der Waals surface area contributed by atoms with Gasteiger partial charge in [-0.2, -0.15) is 0 Å². The summed E-state index contributed by atoms with van der Waals surface area (Å²) >= 11 is 0. The van der Waals surface area contributed by atoms with Crippen molar-refractivity contribution in [1.82, 2.24) is 0 Å². The van der Waals surface area contributed by atoms with E-state index in [0.29, 0.717) is 16.9 Å². The highest BCUT2D eigenvalue weighted by Gasteiger charge is 2.54. The zero-order chi connectivity index (χ0) is 9.57. The van der Waals surface area contributed by atoms with Crippen molar-refractivity contribution >= 4 is 8.07 Å². The first-order chi connectivity index (χ1) is 5.30. The predicted octanol–water partition coefficient (Wildman–Crippen LogP) is 2.99. The van der Waals surface area contributed by atoms with Crippen molar-refractivity contribution in [3.63, 3.8) is 0 Å². The van der Waals surface area contributed by atoms with E-state index in [9.17, 15) is 0 Å². The molecule has 12 heavy (non-hydrogen) atoms. The maximum absolute atomic E-state index is 5.60. The van der Waals surface area contributed by atoms with Gasteiger partial charge in [0.1, 0.15) is 0 Å². The lowest BCUT2D eigenvalue weighted by molar-refractivity contribution is 0.417. The Hall–Kier alpha value is -0.0831. The highest BCUT2D eigenvalue weighted by atomic mass is 28.3. The van der Waals surface area contributed by atoms with Crippen molar-refractivity contribution in [2.24, 2.45) is 0 Å². The maximum Gasteiger partial charge on any atom is 0.0986 e. The first-order valence-corrected chi connectivity index (χ1v) is 7.66. The Morgan fingerprint density at radius 2 is 1.83 bits per heavy atom. The minimum absolute atomic E-state index is 0.353. The molecule has 0 saturated carbocycles. The van der Waals surface area contributed by atoms with E-state index in [1.807, 2.05) is 6.08 Å². The molecular weight excluding hydrogens is 164 g/mol. The molecule has 1 fully saturated rings. The van der Waals surface area contributed by atoms with E-state index in [1.54, 1.807) is 0 Å². The molecule has 1 aliphatic heterocycles.